The fourth-order valence-electron chi connectivity index (χ4n) is 4.28. The number of benzene rings is 2. The van der Waals surface area contributed by atoms with Gasteiger partial charge in [-0.25, -0.2) is 4.79 Å². The van der Waals surface area contributed by atoms with Crippen molar-refractivity contribution in [3.63, 3.8) is 0 Å². The molecule has 31 heavy (non-hydrogen) atoms. The maximum Gasteiger partial charge on any atom is 0.325 e. The highest BCUT2D eigenvalue weighted by molar-refractivity contribution is 6.30. The Hall–Kier alpha value is -3.26. The largest absolute Gasteiger partial charge is 0.454 e. The predicted molar refractivity (Wildman–Crippen MR) is 111 cm³/mol. The molecule has 0 aliphatic carbocycles. The molecule has 0 aromatic heterocycles. The van der Waals surface area contributed by atoms with Gasteiger partial charge in [-0.3, -0.25) is 14.5 Å². The number of amides is 4. The molecule has 8 nitrogen and oxygen atoms in total. The van der Waals surface area contributed by atoms with Gasteiger partial charge < -0.3 is 19.7 Å². The monoisotopic (exact) mass is 441 g/mol. The molecule has 0 unspecified atom stereocenters. The number of carbonyl (C=O) groups excluding carboxylic acids is 3. The van der Waals surface area contributed by atoms with Crippen LogP contribution in [0.5, 0.6) is 11.5 Å². The van der Waals surface area contributed by atoms with Crippen molar-refractivity contribution >= 4 is 29.4 Å². The molecule has 0 radical (unpaired) electrons. The third-order valence-corrected chi connectivity index (χ3v) is 6.23. The summed E-state index contributed by atoms with van der Waals surface area (Å²) in [6, 6.07) is 11.8. The smallest absolute Gasteiger partial charge is 0.325 e. The second kappa shape index (κ2) is 7.46. The Morgan fingerprint density at radius 1 is 1.06 bits per heavy atom. The number of hydrogen-bond acceptors (Lipinski definition) is 5. The average molecular weight is 442 g/mol. The van der Waals surface area contributed by atoms with Gasteiger partial charge in [-0.1, -0.05) is 23.7 Å². The number of nitrogens with one attached hydrogen (secondary N) is 1. The molecule has 2 aromatic rings. The van der Waals surface area contributed by atoms with Gasteiger partial charge in [-0.05, 0) is 48.7 Å². The number of imide groups is 1. The van der Waals surface area contributed by atoms with Crippen LogP contribution >= 0.6 is 11.6 Å². The van der Waals surface area contributed by atoms with Crippen molar-refractivity contribution in [2.75, 3.05) is 19.9 Å². The predicted octanol–water partition coefficient (Wildman–Crippen LogP) is 2.80. The van der Waals surface area contributed by atoms with Crippen LogP contribution in [-0.4, -0.2) is 53.1 Å². The number of hydrogen-bond donors (Lipinski definition) is 1. The lowest BCUT2D eigenvalue weighted by Gasteiger charge is -2.37. The van der Waals surface area contributed by atoms with E-state index in [-0.39, 0.29) is 25.2 Å². The van der Waals surface area contributed by atoms with E-state index in [0.29, 0.717) is 48.0 Å². The Labute approximate surface area is 183 Å². The molecule has 1 spiro atoms. The fourth-order valence-corrected chi connectivity index (χ4v) is 4.49. The van der Waals surface area contributed by atoms with Crippen LogP contribution in [0, 0.1) is 0 Å². The normalized spacial score (nSPS) is 19.1. The van der Waals surface area contributed by atoms with E-state index >= 15 is 0 Å². The first-order chi connectivity index (χ1) is 14.9. The second-order valence-electron chi connectivity index (χ2n) is 7.89. The first-order valence-electron chi connectivity index (χ1n) is 10.0. The summed E-state index contributed by atoms with van der Waals surface area (Å²) in [6.07, 6.45) is 0.722. The Kier molecular flexibility index (Phi) is 4.74. The first kappa shape index (κ1) is 19.7. The van der Waals surface area contributed by atoms with Gasteiger partial charge in [0.05, 0.1) is 6.54 Å². The van der Waals surface area contributed by atoms with Crippen LogP contribution in [0.3, 0.4) is 0 Å². The highest BCUT2D eigenvalue weighted by Gasteiger charge is 2.52. The lowest BCUT2D eigenvalue weighted by Crippen LogP contribution is -2.55. The number of urea groups is 1. The summed E-state index contributed by atoms with van der Waals surface area (Å²) in [4.78, 5) is 41.5. The van der Waals surface area contributed by atoms with E-state index in [9.17, 15) is 14.4 Å². The summed E-state index contributed by atoms with van der Waals surface area (Å²) in [5, 5.41) is 3.42. The van der Waals surface area contributed by atoms with E-state index in [1.807, 2.05) is 6.07 Å². The van der Waals surface area contributed by atoms with E-state index in [1.165, 1.54) is 4.90 Å². The van der Waals surface area contributed by atoms with E-state index in [2.05, 4.69) is 5.32 Å². The van der Waals surface area contributed by atoms with Crippen LogP contribution < -0.4 is 14.8 Å². The van der Waals surface area contributed by atoms with Crippen LogP contribution in [0.2, 0.25) is 5.02 Å². The van der Waals surface area contributed by atoms with Crippen molar-refractivity contribution in [1.29, 1.82) is 0 Å². The van der Waals surface area contributed by atoms with E-state index in [0.717, 1.165) is 5.56 Å². The molecule has 3 aliphatic rings. The molecule has 3 heterocycles. The highest BCUT2D eigenvalue weighted by Crippen LogP contribution is 2.34. The summed E-state index contributed by atoms with van der Waals surface area (Å²) in [5.74, 6) is 0.774. The van der Waals surface area contributed by atoms with Gasteiger partial charge in [-0.2, -0.15) is 0 Å². The Morgan fingerprint density at radius 3 is 2.61 bits per heavy atom. The summed E-state index contributed by atoms with van der Waals surface area (Å²) in [6.45, 7) is 1.04. The number of halogens is 1. The first-order valence-corrected chi connectivity index (χ1v) is 10.4. The van der Waals surface area contributed by atoms with Crippen LogP contribution in [0.25, 0.3) is 0 Å². The molecule has 4 amide bonds. The van der Waals surface area contributed by atoms with Gasteiger partial charge in [-0.15, -0.1) is 0 Å². The van der Waals surface area contributed by atoms with Crippen LogP contribution in [0.4, 0.5) is 4.79 Å². The Bertz CT molecular complexity index is 1080. The van der Waals surface area contributed by atoms with Crippen LogP contribution in [0.15, 0.2) is 42.5 Å². The van der Waals surface area contributed by atoms with Crippen molar-refractivity contribution in [2.45, 2.75) is 24.9 Å². The standard InChI is InChI=1S/C22H20ClN3O5/c23-16-3-1-2-14(10-16)12-26-20(28)22(24-21(26)29)6-8-25(9-7-22)19(27)15-4-5-17-18(11-15)31-13-30-17/h1-5,10-11H,6-9,12-13H2,(H,24,29). The van der Waals surface area contributed by atoms with Gasteiger partial charge in [0, 0.05) is 23.7 Å². The number of piperidine rings is 1. The van der Waals surface area contributed by atoms with Crippen molar-refractivity contribution in [2.24, 2.45) is 0 Å². The molecule has 0 atom stereocenters. The average Bonchev–Trinajstić information content (AvgIpc) is 3.32. The van der Waals surface area contributed by atoms with Gasteiger partial charge in [0.25, 0.3) is 11.8 Å². The van der Waals surface area contributed by atoms with Gasteiger partial charge >= 0.3 is 6.03 Å². The molecule has 2 aromatic carbocycles. The number of likely N-dealkylation sites (tertiary alicyclic amines) is 1. The lowest BCUT2D eigenvalue weighted by molar-refractivity contribution is -0.133. The molecular weight excluding hydrogens is 422 g/mol. The maximum atomic E-state index is 13.1. The number of rotatable bonds is 3. The Balaban J connectivity index is 1.26. The summed E-state index contributed by atoms with van der Waals surface area (Å²) < 4.78 is 10.6. The molecule has 1 N–H and O–H groups in total. The molecule has 2 saturated heterocycles. The third kappa shape index (κ3) is 3.46. The summed E-state index contributed by atoms with van der Waals surface area (Å²) in [5.41, 5.74) is 0.314. The number of ether oxygens (including phenoxy) is 2. The topological polar surface area (TPSA) is 88.2 Å². The minimum Gasteiger partial charge on any atom is -0.454 e. The van der Waals surface area contributed by atoms with Gasteiger partial charge in [0.15, 0.2) is 11.5 Å². The molecular formula is C22H20ClN3O5. The molecule has 9 heteroatoms. The van der Waals surface area contributed by atoms with Crippen LogP contribution in [0.1, 0.15) is 28.8 Å². The molecule has 0 saturated carbocycles. The number of nitrogens with zero attached hydrogens (tertiary/aromatic N) is 2. The van der Waals surface area contributed by atoms with Crippen molar-refractivity contribution < 1.29 is 23.9 Å². The van der Waals surface area contributed by atoms with Gasteiger partial charge in [0.2, 0.25) is 6.79 Å². The highest BCUT2D eigenvalue weighted by atomic mass is 35.5. The van der Waals surface area contributed by atoms with E-state index in [4.69, 9.17) is 21.1 Å². The van der Waals surface area contributed by atoms with E-state index < -0.39 is 11.6 Å². The fraction of sp³-hybridized carbons (Fsp3) is 0.318. The van der Waals surface area contributed by atoms with Crippen LogP contribution in [-0.2, 0) is 11.3 Å². The number of carbonyl (C=O) groups is 3. The van der Waals surface area contributed by atoms with Crippen molar-refractivity contribution in [3.8, 4) is 11.5 Å². The third-order valence-electron chi connectivity index (χ3n) is 6.00. The molecule has 5 rings (SSSR count). The number of fused-ring (bicyclic) bond motifs is 1. The van der Waals surface area contributed by atoms with Crippen molar-refractivity contribution in [1.82, 2.24) is 15.1 Å². The quantitative estimate of drug-likeness (QED) is 0.740. The second-order valence-corrected chi connectivity index (χ2v) is 8.33. The zero-order valence-corrected chi connectivity index (χ0v) is 17.4. The lowest BCUT2D eigenvalue weighted by atomic mass is 9.87. The van der Waals surface area contributed by atoms with Gasteiger partial charge in [0.1, 0.15) is 5.54 Å². The Morgan fingerprint density at radius 2 is 1.84 bits per heavy atom. The molecule has 160 valence electrons. The molecule has 2 fully saturated rings. The minimum atomic E-state index is -0.971. The molecule has 0 bridgehead atoms. The zero-order valence-electron chi connectivity index (χ0n) is 16.6. The summed E-state index contributed by atoms with van der Waals surface area (Å²) >= 11 is 6.02. The van der Waals surface area contributed by atoms with Crippen molar-refractivity contribution in [3.05, 3.63) is 58.6 Å². The maximum absolute atomic E-state index is 13.1. The molecule has 3 aliphatic heterocycles. The SMILES string of the molecule is O=C(c1ccc2c(c1)OCO2)N1CCC2(CC1)NC(=O)N(Cc1cccc(Cl)c1)C2=O. The van der Waals surface area contributed by atoms with E-state index in [1.54, 1.807) is 41.3 Å². The summed E-state index contributed by atoms with van der Waals surface area (Å²) in [7, 11) is 0. The zero-order chi connectivity index (χ0) is 21.6. The minimum absolute atomic E-state index is 0.138.